The van der Waals surface area contributed by atoms with Gasteiger partial charge in [0.15, 0.2) is 0 Å². The smallest absolute Gasteiger partial charge is 0.417 e. The van der Waals surface area contributed by atoms with Gasteiger partial charge in [-0.3, -0.25) is 4.79 Å². The second-order valence-electron chi connectivity index (χ2n) is 5.10. The maximum Gasteiger partial charge on any atom is 0.417 e. The highest BCUT2D eigenvalue weighted by Gasteiger charge is 2.36. The zero-order valence-electron chi connectivity index (χ0n) is 12.1. The summed E-state index contributed by atoms with van der Waals surface area (Å²) in [5, 5.41) is 0. The van der Waals surface area contributed by atoms with Crippen LogP contribution in [-0.4, -0.2) is 29.5 Å². The van der Waals surface area contributed by atoms with Crippen LogP contribution in [0.2, 0.25) is 4.34 Å². The first-order chi connectivity index (χ1) is 11.1. The van der Waals surface area contributed by atoms with E-state index in [1.807, 2.05) is 36.4 Å². The maximum absolute atomic E-state index is 12.3. The van der Waals surface area contributed by atoms with E-state index < -0.39 is 6.09 Å². The molecule has 0 saturated carbocycles. The van der Waals surface area contributed by atoms with E-state index in [0.29, 0.717) is 10.8 Å². The van der Waals surface area contributed by atoms with E-state index in [2.05, 4.69) is 0 Å². The molecule has 0 radical (unpaired) electrons. The number of rotatable bonds is 4. The first-order valence-corrected chi connectivity index (χ1v) is 8.30. The summed E-state index contributed by atoms with van der Waals surface area (Å²) in [5.41, 5.74) is 1.06. The van der Waals surface area contributed by atoms with Crippen molar-refractivity contribution in [2.75, 3.05) is 6.61 Å². The molecule has 1 aliphatic rings. The normalized spacial score (nSPS) is 17.7. The van der Waals surface area contributed by atoms with Crippen LogP contribution < -0.4 is 0 Å². The summed E-state index contributed by atoms with van der Waals surface area (Å²) in [7, 11) is 0. The molecule has 1 fully saturated rings. The summed E-state index contributed by atoms with van der Waals surface area (Å²) < 4.78 is 5.69. The molecule has 2 amide bonds. The minimum atomic E-state index is -0.593. The number of thiophene rings is 1. The molecule has 118 valence electrons. The van der Waals surface area contributed by atoms with Crippen LogP contribution in [0.5, 0.6) is 0 Å². The Morgan fingerprint density at radius 1 is 1.30 bits per heavy atom. The largest absolute Gasteiger partial charge is 0.447 e. The third-order valence-electron chi connectivity index (χ3n) is 3.50. The third-order valence-corrected chi connectivity index (χ3v) is 4.69. The number of hydrogen-bond donors (Lipinski definition) is 0. The highest BCUT2D eigenvalue weighted by atomic mass is 35.5. The van der Waals surface area contributed by atoms with Crippen LogP contribution in [0.3, 0.4) is 0 Å². The van der Waals surface area contributed by atoms with Crippen LogP contribution in [0.15, 0.2) is 48.5 Å². The molecule has 0 spiro atoms. The molecule has 1 aromatic heterocycles. The zero-order chi connectivity index (χ0) is 16.2. The summed E-state index contributed by atoms with van der Waals surface area (Å²) in [5.74, 6) is -0.377. The summed E-state index contributed by atoms with van der Waals surface area (Å²) >= 11 is 7.22. The van der Waals surface area contributed by atoms with Crippen LogP contribution in [0.1, 0.15) is 10.4 Å². The van der Waals surface area contributed by atoms with Gasteiger partial charge >= 0.3 is 6.09 Å². The van der Waals surface area contributed by atoms with Crippen molar-refractivity contribution in [3.8, 4) is 0 Å². The molecule has 3 rings (SSSR count). The maximum atomic E-state index is 12.3. The topological polar surface area (TPSA) is 46.6 Å². The second-order valence-corrected chi connectivity index (χ2v) is 6.85. The lowest BCUT2D eigenvalue weighted by Gasteiger charge is -2.17. The number of benzene rings is 1. The van der Waals surface area contributed by atoms with E-state index >= 15 is 0 Å². The molecule has 0 bridgehead atoms. The minimum Gasteiger partial charge on any atom is -0.447 e. The number of imide groups is 1. The fourth-order valence-corrected chi connectivity index (χ4v) is 3.38. The van der Waals surface area contributed by atoms with Crippen LogP contribution in [0.4, 0.5) is 4.79 Å². The third kappa shape index (κ3) is 3.81. The summed E-state index contributed by atoms with van der Waals surface area (Å²) in [6, 6.07) is 13.0. The number of cyclic esters (lactones) is 1. The quantitative estimate of drug-likeness (QED) is 0.785. The molecule has 1 saturated heterocycles. The SMILES string of the molecule is O=C(/C=C/c1ccc(Cl)s1)N1C(=O)OC[C@@H]1Cc1ccccc1. The van der Waals surface area contributed by atoms with Gasteiger partial charge in [-0.1, -0.05) is 41.9 Å². The lowest BCUT2D eigenvalue weighted by molar-refractivity contribution is -0.124. The first kappa shape index (κ1) is 15.8. The molecule has 0 unspecified atom stereocenters. The second kappa shape index (κ2) is 6.98. The van der Waals surface area contributed by atoms with Gasteiger partial charge in [-0.15, -0.1) is 11.3 Å². The summed E-state index contributed by atoms with van der Waals surface area (Å²) in [4.78, 5) is 26.2. The van der Waals surface area contributed by atoms with E-state index in [1.54, 1.807) is 12.1 Å². The Hall–Kier alpha value is -2.11. The van der Waals surface area contributed by atoms with Gasteiger partial charge in [0.2, 0.25) is 0 Å². The number of carbonyl (C=O) groups is 2. The van der Waals surface area contributed by atoms with Gasteiger partial charge in [-0.25, -0.2) is 9.69 Å². The molecule has 1 atom stereocenters. The lowest BCUT2D eigenvalue weighted by atomic mass is 10.1. The van der Waals surface area contributed by atoms with Gasteiger partial charge in [0.05, 0.1) is 10.4 Å². The number of amides is 2. The lowest BCUT2D eigenvalue weighted by Crippen LogP contribution is -2.39. The van der Waals surface area contributed by atoms with Crippen molar-refractivity contribution in [1.29, 1.82) is 0 Å². The number of nitrogens with zero attached hydrogens (tertiary/aromatic N) is 1. The van der Waals surface area contributed by atoms with Gasteiger partial charge < -0.3 is 4.74 Å². The molecule has 1 aromatic carbocycles. The molecule has 1 aliphatic heterocycles. The molecule has 2 aromatic rings. The van der Waals surface area contributed by atoms with E-state index in [9.17, 15) is 9.59 Å². The minimum absolute atomic E-state index is 0.220. The van der Waals surface area contributed by atoms with Crippen molar-refractivity contribution in [3.63, 3.8) is 0 Å². The number of carbonyl (C=O) groups excluding carboxylic acids is 2. The van der Waals surface area contributed by atoms with E-state index in [1.165, 1.54) is 22.3 Å². The number of halogens is 1. The Morgan fingerprint density at radius 3 is 2.78 bits per heavy atom. The summed E-state index contributed by atoms with van der Waals surface area (Å²) in [6.45, 7) is 0.220. The monoisotopic (exact) mass is 347 g/mol. The Morgan fingerprint density at radius 2 is 2.09 bits per heavy atom. The van der Waals surface area contributed by atoms with Crippen molar-refractivity contribution in [2.45, 2.75) is 12.5 Å². The summed E-state index contributed by atoms with van der Waals surface area (Å²) in [6.07, 6.45) is 3.03. The molecular weight excluding hydrogens is 334 g/mol. The van der Waals surface area contributed by atoms with Crippen LogP contribution in [-0.2, 0) is 16.0 Å². The first-order valence-electron chi connectivity index (χ1n) is 7.11. The molecule has 23 heavy (non-hydrogen) atoms. The Labute approximate surface area is 142 Å². The highest BCUT2D eigenvalue weighted by Crippen LogP contribution is 2.23. The van der Waals surface area contributed by atoms with Crippen molar-refractivity contribution in [2.24, 2.45) is 0 Å². The van der Waals surface area contributed by atoms with Crippen molar-refractivity contribution in [1.82, 2.24) is 4.90 Å². The molecule has 4 nitrogen and oxygen atoms in total. The van der Waals surface area contributed by atoms with E-state index in [0.717, 1.165) is 10.4 Å². The van der Waals surface area contributed by atoms with Gasteiger partial charge in [0.25, 0.3) is 5.91 Å². The molecule has 0 N–H and O–H groups in total. The number of hydrogen-bond acceptors (Lipinski definition) is 4. The van der Waals surface area contributed by atoms with E-state index in [4.69, 9.17) is 16.3 Å². The fourth-order valence-electron chi connectivity index (χ4n) is 2.42. The predicted octanol–water partition coefficient (Wildman–Crippen LogP) is 4.00. The number of ether oxygens (including phenoxy) is 1. The van der Waals surface area contributed by atoms with Crippen LogP contribution >= 0.6 is 22.9 Å². The average Bonchev–Trinajstić information content (AvgIpc) is 3.12. The Balaban J connectivity index is 1.71. The van der Waals surface area contributed by atoms with Crippen molar-refractivity contribution in [3.05, 3.63) is 63.3 Å². The van der Waals surface area contributed by atoms with Gasteiger partial charge in [-0.05, 0) is 30.2 Å². The van der Waals surface area contributed by atoms with Crippen molar-refractivity contribution >= 4 is 41.0 Å². The van der Waals surface area contributed by atoms with Gasteiger partial charge in [-0.2, -0.15) is 0 Å². The van der Waals surface area contributed by atoms with Crippen LogP contribution in [0, 0.1) is 0 Å². The van der Waals surface area contributed by atoms with Gasteiger partial charge in [0, 0.05) is 11.0 Å². The standard InChI is InChI=1S/C17H14ClNO3S/c18-15-8-6-14(23-15)7-9-16(20)19-13(11-22-17(19)21)10-12-4-2-1-3-5-12/h1-9,13H,10-11H2/b9-7+/t13-/m0/s1. The average molecular weight is 348 g/mol. The van der Waals surface area contributed by atoms with Crippen molar-refractivity contribution < 1.29 is 14.3 Å². The zero-order valence-corrected chi connectivity index (χ0v) is 13.7. The van der Waals surface area contributed by atoms with Crippen LogP contribution in [0.25, 0.3) is 6.08 Å². The predicted molar refractivity (Wildman–Crippen MR) is 90.5 cm³/mol. The fraction of sp³-hybridized carbons (Fsp3) is 0.176. The van der Waals surface area contributed by atoms with Gasteiger partial charge in [0.1, 0.15) is 6.61 Å². The Kier molecular flexibility index (Phi) is 4.79. The molecule has 6 heteroatoms. The Bertz CT molecular complexity index is 741. The molecular formula is C17H14ClNO3S. The molecule has 0 aliphatic carbocycles. The highest BCUT2D eigenvalue weighted by molar-refractivity contribution is 7.17. The van der Waals surface area contributed by atoms with E-state index in [-0.39, 0.29) is 18.6 Å². The molecule has 2 heterocycles.